The Morgan fingerprint density at radius 1 is 1.44 bits per heavy atom. The molecule has 1 N–H and O–H groups in total. The lowest BCUT2D eigenvalue weighted by Gasteiger charge is -2.08. The molecule has 0 aliphatic heterocycles. The molecule has 0 amide bonds. The third-order valence-electron chi connectivity index (χ3n) is 2.92. The highest BCUT2D eigenvalue weighted by Gasteiger charge is 2.47. The van der Waals surface area contributed by atoms with Crippen molar-refractivity contribution < 1.29 is 8.42 Å². The first-order valence-corrected chi connectivity index (χ1v) is 7.37. The zero-order valence-electron chi connectivity index (χ0n) is 9.20. The summed E-state index contributed by atoms with van der Waals surface area (Å²) in [5.74, 6) is 0. The van der Waals surface area contributed by atoms with E-state index in [2.05, 4.69) is 34.5 Å². The average Bonchev–Trinajstić information content (AvgIpc) is 2.72. The fraction of sp³-hybridized carbons (Fsp3) is 0.455. The van der Waals surface area contributed by atoms with Gasteiger partial charge >= 0.3 is 0 Å². The van der Waals surface area contributed by atoms with Crippen molar-refractivity contribution in [3.63, 3.8) is 0 Å². The number of rotatable bonds is 3. The van der Waals surface area contributed by atoms with Gasteiger partial charge in [-0.2, -0.15) is 0 Å². The second-order valence-corrected chi connectivity index (χ2v) is 7.45. The van der Waals surface area contributed by atoms with Crippen LogP contribution in [0.2, 0.25) is 0 Å². The van der Waals surface area contributed by atoms with Crippen LogP contribution >= 0.6 is 15.9 Å². The van der Waals surface area contributed by atoms with Crippen molar-refractivity contribution in [1.82, 2.24) is 4.72 Å². The molecule has 1 fully saturated rings. The summed E-state index contributed by atoms with van der Waals surface area (Å²) in [6, 6.07) is 6.80. The molecule has 0 heterocycles. The highest BCUT2D eigenvalue weighted by Crippen LogP contribution is 2.45. The minimum absolute atomic E-state index is 0.0662. The van der Waals surface area contributed by atoms with E-state index in [1.807, 2.05) is 0 Å². The van der Waals surface area contributed by atoms with Crippen molar-refractivity contribution in [1.29, 1.82) is 0 Å². The van der Waals surface area contributed by atoms with Crippen LogP contribution in [0.15, 0.2) is 33.6 Å². The molecular weight excluding hydrogens is 290 g/mol. The largest absolute Gasteiger partial charge is 0.240 e. The van der Waals surface area contributed by atoms with Crippen LogP contribution < -0.4 is 4.72 Å². The summed E-state index contributed by atoms with van der Waals surface area (Å²) in [6.07, 6.45) is 0.903. The van der Waals surface area contributed by atoms with Gasteiger partial charge in [0.25, 0.3) is 0 Å². The number of hydrogen-bond acceptors (Lipinski definition) is 2. The topological polar surface area (TPSA) is 46.2 Å². The van der Waals surface area contributed by atoms with Gasteiger partial charge in [0, 0.05) is 10.5 Å². The number of hydrogen-bond donors (Lipinski definition) is 1. The summed E-state index contributed by atoms with van der Waals surface area (Å²) >= 11 is 3.27. The third-order valence-corrected chi connectivity index (χ3v) is 4.88. The van der Waals surface area contributed by atoms with Crippen LogP contribution in [0.25, 0.3) is 0 Å². The molecule has 0 spiro atoms. The Labute approximate surface area is 104 Å². The Kier molecular flexibility index (Phi) is 2.88. The Balaban J connectivity index is 2.20. The zero-order valence-corrected chi connectivity index (χ0v) is 11.6. The van der Waals surface area contributed by atoms with Gasteiger partial charge in [0.1, 0.15) is 0 Å². The number of sulfonamides is 1. The first-order chi connectivity index (χ1) is 7.31. The van der Waals surface area contributed by atoms with Crippen LogP contribution in [-0.4, -0.2) is 14.5 Å². The molecule has 1 aromatic carbocycles. The molecule has 1 saturated carbocycles. The molecule has 0 saturated heterocycles. The standard InChI is InChI=1S/C11H14BrNO2S/c1-11(2)7-10(11)13-16(14,15)9-5-3-4-8(12)6-9/h3-6,10,13H,7H2,1-2H3. The zero-order chi connectivity index (χ0) is 12.0. The molecule has 0 bridgehead atoms. The van der Waals surface area contributed by atoms with Crippen molar-refractivity contribution in [2.75, 3.05) is 0 Å². The van der Waals surface area contributed by atoms with Crippen molar-refractivity contribution in [3.05, 3.63) is 28.7 Å². The van der Waals surface area contributed by atoms with Crippen molar-refractivity contribution >= 4 is 26.0 Å². The van der Waals surface area contributed by atoms with E-state index in [0.717, 1.165) is 10.9 Å². The lowest BCUT2D eigenvalue weighted by molar-refractivity contribution is 0.555. The average molecular weight is 304 g/mol. The maximum Gasteiger partial charge on any atom is 0.240 e. The first-order valence-electron chi connectivity index (χ1n) is 5.09. The minimum atomic E-state index is -3.37. The molecule has 2 rings (SSSR count). The molecule has 1 aliphatic rings. The number of benzene rings is 1. The van der Waals surface area contributed by atoms with Gasteiger partial charge in [0.2, 0.25) is 10.0 Å². The van der Waals surface area contributed by atoms with Crippen LogP contribution in [0, 0.1) is 5.41 Å². The highest BCUT2D eigenvalue weighted by molar-refractivity contribution is 9.10. The van der Waals surface area contributed by atoms with Gasteiger partial charge in [-0.15, -0.1) is 0 Å². The second-order valence-electron chi connectivity index (χ2n) is 4.82. The number of nitrogens with one attached hydrogen (secondary N) is 1. The molecule has 1 atom stereocenters. The summed E-state index contributed by atoms with van der Waals surface area (Å²) in [5, 5.41) is 0. The molecule has 1 aliphatic carbocycles. The monoisotopic (exact) mass is 303 g/mol. The van der Waals surface area contributed by atoms with Gasteiger partial charge in [0.05, 0.1) is 4.90 Å². The summed E-state index contributed by atoms with van der Waals surface area (Å²) in [7, 11) is -3.37. The van der Waals surface area contributed by atoms with E-state index in [0.29, 0.717) is 4.90 Å². The number of halogens is 1. The van der Waals surface area contributed by atoms with E-state index < -0.39 is 10.0 Å². The predicted octanol–water partition coefficient (Wildman–Crippen LogP) is 2.53. The van der Waals surface area contributed by atoms with Crippen LogP contribution in [0.4, 0.5) is 0 Å². The van der Waals surface area contributed by atoms with Crippen LogP contribution in [0.3, 0.4) is 0 Å². The van der Waals surface area contributed by atoms with Crippen molar-refractivity contribution in [2.24, 2.45) is 5.41 Å². The maximum atomic E-state index is 12.0. The van der Waals surface area contributed by atoms with Gasteiger partial charge in [-0.1, -0.05) is 35.8 Å². The third kappa shape index (κ3) is 2.47. The first kappa shape index (κ1) is 12.1. The van der Waals surface area contributed by atoms with Gasteiger partial charge in [0.15, 0.2) is 0 Å². The van der Waals surface area contributed by atoms with E-state index in [1.165, 1.54) is 0 Å². The van der Waals surface area contributed by atoms with E-state index in [1.54, 1.807) is 24.3 Å². The quantitative estimate of drug-likeness (QED) is 0.932. The van der Waals surface area contributed by atoms with E-state index >= 15 is 0 Å². The van der Waals surface area contributed by atoms with Crippen molar-refractivity contribution in [3.8, 4) is 0 Å². The molecule has 88 valence electrons. The molecule has 0 radical (unpaired) electrons. The molecule has 0 aromatic heterocycles. The van der Waals surface area contributed by atoms with Gasteiger partial charge in [-0.3, -0.25) is 0 Å². The van der Waals surface area contributed by atoms with E-state index in [4.69, 9.17) is 0 Å². The summed E-state index contributed by atoms with van der Waals surface area (Å²) < 4.78 is 27.5. The minimum Gasteiger partial charge on any atom is -0.208 e. The summed E-state index contributed by atoms with van der Waals surface area (Å²) in [6.45, 7) is 4.11. The molecule has 1 aromatic rings. The lowest BCUT2D eigenvalue weighted by atomic mass is 10.2. The van der Waals surface area contributed by atoms with E-state index in [9.17, 15) is 8.42 Å². The van der Waals surface area contributed by atoms with Gasteiger partial charge in [-0.25, -0.2) is 13.1 Å². The fourth-order valence-corrected chi connectivity index (χ4v) is 3.56. The lowest BCUT2D eigenvalue weighted by Crippen LogP contribution is -2.28. The second kappa shape index (κ2) is 3.82. The highest BCUT2D eigenvalue weighted by atomic mass is 79.9. The Morgan fingerprint density at radius 3 is 2.56 bits per heavy atom. The summed E-state index contributed by atoms with van der Waals surface area (Å²) in [4.78, 5) is 0.310. The van der Waals surface area contributed by atoms with E-state index in [-0.39, 0.29) is 11.5 Å². The predicted molar refractivity (Wildman–Crippen MR) is 66.6 cm³/mol. The molecule has 1 unspecified atom stereocenters. The van der Waals surface area contributed by atoms with Crippen molar-refractivity contribution in [2.45, 2.75) is 31.2 Å². The van der Waals surface area contributed by atoms with Crippen LogP contribution in [0.1, 0.15) is 20.3 Å². The molecule has 16 heavy (non-hydrogen) atoms. The molecule has 5 heteroatoms. The SMILES string of the molecule is CC1(C)CC1NS(=O)(=O)c1cccc(Br)c1. The summed E-state index contributed by atoms with van der Waals surface area (Å²) in [5.41, 5.74) is 0.0963. The van der Waals surface area contributed by atoms with Gasteiger partial charge < -0.3 is 0 Å². The Morgan fingerprint density at radius 2 is 2.06 bits per heavy atom. The smallest absolute Gasteiger partial charge is 0.208 e. The fourth-order valence-electron chi connectivity index (χ4n) is 1.56. The van der Waals surface area contributed by atoms with Gasteiger partial charge in [-0.05, 0) is 30.0 Å². The van der Waals surface area contributed by atoms with Crippen LogP contribution in [-0.2, 0) is 10.0 Å². The molecule has 3 nitrogen and oxygen atoms in total. The Hall–Kier alpha value is -0.390. The van der Waals surface area contributed by atoms with Crippen LogP contribution in [0.5, 0.6) is 0 Å². The molecular formula is C11H14BrNO2S. The maximum absolute atomic E-state index is 12.0. The normalized spacial score (nSPS) is 23.1. The Bertz CT molecular complexity index is 510.